The van der Waals surface area contributed by atoms with Gasteiger partial charge >= 0.3 is 29.6 Å². The van der Waals surface area contributed by atoms with Crippen LogP contribution in [0.3, 0.4) is 0 Å². The number of nitrogens with zero attached hydrogens (tertiary/aromatic N) is 1. The van der Waals surface area contributed by atoms with Crippen LogP contribution in [0, 0.1) is 11.3 Å². The molecule has 0 saturated heterocycles. The Hall–Kier alpha value is -0.510. The monoisotopic (exact) mass is 426 g/mol. The third-order valence-corrected chi connectivity index (χ3v) is 4.29. The predicted octanol–water partition coefficient (Wildman–Crippen LogP) is -1.62. The Balaban J connectivity index is -0.000000434. The van der Waals surface area contributed by atoms with Gasteiger partial charge < -0.3 is 25.4 Å². The maximum atomic E-state index is 11.9. The maximum Gasteiger partial charge on any atom is 1.00 e. The first-order valence-corrected chi connectivity index (χ1v) is 10.2. The number of amidine groups is 1. The van der Waals surface area contributed by atoms with Crippen LogP contribution in [0.5, 0.6) is 0 Å². The molecule has 0 bridgehead atoms. The number of aliphatic hydroxyl groups excluding tert-OH is 2. The number of nitrogens with one attached hydrogen (secondary N) is 1. The fourth-order valence-corrected chi connectivity index (χ4v) is 2.69. The molecule has 1 heterocycles. The summed E-state index contributed by atoms with van der Waals surface area (Å²) in [5, 5.41) is 29.1. The van der Waals surface area contributed by atoms with Crippen molar-refractivity contribution in [1.82, 2.24) is 5.32 Å². The van der Waals surface area contributed by atoms with Crippen molar-refractivity contribution in [2.75, 3.05) is 19.8 Å². The maximum absolute atomic E-state index is 11.9. The molecule has 0 aromatic carbocycles. The fourth-order valence-electron chi connectivity index (χ4n) is 2.69. The van der Waals surface area contributed by atoms with Gasteiger partial charge in [-0.1, -0.05) is 41.0 Å². The number of amides is 2. The minimum Gasteiger partial charge on any atom is -0.846 e. The molecule has 8 nitrogen and oxygen atoms in total. The van der Waals surface area contributed by atoms with E-state index in [4.69, 9.17) is 14.9 Å². The molecule has 1 aliphatic heterocycles. The summed E-state index contributed by atoms with van der Waals surface area (Å²) in [5.41, 5.74) is -1.15. The first-order valence-electron chi connectivity index (χ1n) is 10.2. The van der Waals surface area contributed by atoms with Crippen molar-refractivity contribution in [3.8, 4) is 0 Å². The van der Waals surface area contributed by atoms with Crippen LogP contribution in [0.2, 0.25) is 0 Å². The number of ether oxygens (including phenoxy) is 1. The van der Waals surface area contributed by atoms with Gasteiger partial charge in [-0.25, -0.2) is 4.99 Å². The molecule has 9 heteroatoms. The van der Waals surface area contributed by atoms with Gasteiger partial charge in [0.15, 0.2) is 0 Å². The van der Waals surface area contributed by atoms with Gasteiger partial charge in [-0.05, 0) is 38.5 Å². The summed E-state index contributed by atoms with van der Waals surface area (Å²) < 4.78 is 5.13. The van der Waals surface area contributed by atoms with Gasteiger partial charge in [0.05, 0.1) is 18.7 Å². The van der Waals surface area contributed by atoms with Gasteiger partial charge in [0.25, 0.3) is 5.91 Å². The largest absolute Gasteiger partial charge is 1.00 e. The average molecular weight is 427 g/mol. The molecule has 0 aliphatic carbocycles. The molecule has 1 aliphatic rings. The van der Waals surface area contributed by atoms with Crippen molar-refractivity contribution >= 4 is 17.8 Å². The zero-order valence-corrected chi connectivity index (χ0v) is 21.3. The van der Waals surface area contributed by atoms with Gasteiger partial charge in [-0.2, -0.15) is 0 Å². The van der Waals surface area contributed by atoms with E-state index < -0.39 is 29.4 Å². The summed E-state index contributed by atoms with van der Waals surface area (Å²) in [5.74, 6) is -1.20. The van der Waals surface area contributed by atoms with Gasteiger partial charge in [0.2, 0.25) is 5.91 Å². The quantitative estimate of drug-likeness (QED) is 0.231. The van der Waals surface area contributed by atoms with E-state index in [9.17, 15) is 14.7 Å². The Labute approximate surface area is 197 Å². The molecule has 3 unspecified atom stereocenters. The molecule has 3 atom stereocenters. The van der Waals surface area contributed by atoms with Crippen molar-refractivity contribution in [2.24, 2.45) is 16.3 Å². The number of hydrogen-bond acceptors (Lipinski definition) is 6. The number of aliphatic imine (C=N–C) groups is 1. The molecule has 0 spiro atoms. The Bertz CT molecular complexity index is 470. The smallest absolute Gasteiger partial charge is 0.846 e. The number of carbonyl (C=O) groups excluding carboxylic acids is 2. The van der Waals surface area contributed by atoms with Crippen molar-refractivity contribution in [3.05, 3.63) is 0 Å². The van der Waals surface area contributed by atoms with Gasteiger partial charge in [-0.15, -0.1) is 0 Å². The van der Waals surface area contributed by atoms with Crippen LogP contribution in [0.4, 0.5) is 0 Å². The summed E-state index contributed by atoms with van der Waals surface area (Å²) in [6, 6.07) is -0.845. The minimum absolute atomic E-state index is 0. The number of aliphatic hydroxyl groups is 2. The van der Waals surface area contributed by atoms with Crippen LogP contribution >= 0.6 is 0 Å². The molecule has 0 fully saturated rings. The Kier molecular flexibility index (Phi) is 22.2. The second kappa shape index (κ2) is 19.5. The summed E-state index contributed by atoms with van der Waals surface area (Å²) in [7, 11) is 0. The Morgan fingerprint density at radius 1 is 1.10 bits per heavy atom. The zero-order chi connectivity index (χ0) is 22.2. The summed E-state index contributed by atoms with van der Waals surface area (Å²) in [6.07, 6.45) is 3.74. The van der Waals surface area contributed by atoms with Crippen LogP contribution in [0.25, 0.3) is 0 Å². The Morgan fingerprint density at radius 2 is 1.59 bits per heavy atom. The molecule has 0 radical (unpaired) electrons. The molecule has 1 rings (SSSR count). The van der Waals surface area contributed by atoms with E-state index in [1.54, 1.807) is 6.92 Å². The molecular weight excluding hydrogens is 387 g/mol. The van der Waals surface area contributed by atoms with E-state index in [-0.39, 0.29) is 42.1 Å². The summed E-state index contributed by atoms with van der Waals surface area (Å²) >= 11 is 0. The summed E-state index contributed by atoms with van der Waals surface area (Å²) in [4.78, 5) is 27.1. The molecule has 2 amide bonds. The second-order valence-electron chi connectivity index (χ2n) is 6.83. The van der Waals surface area contributed by atoms with E-state index in [0.29, 0.717) is 6.42 Å². The normalized spacial score (nSPS) is 19.9. The fraction of sp³-hybridized carbons (Fsp3) is 0.850. The van der Waals surface area contributed by atoms with Gasteiger partial charge in [0.1, 0.15) is 5.41 Å². The number of hydrogen-bond donors (Lipinski definition) is 3. The first kappa shape index (κ1) is 33.1. The standard InChI is InChI=1S/C11H18N2O3.C6H14O.C3H8O2.Na/c1-4-6-7(3)11(5-2)8(14)12-10(16)13-9(11)15;1-3-5-7-6-4-2;1-3(5)2-4;/h7H,4-6H2,1-3H3,(H2,12,13,14,15,16);3-6H2,1-2H3;3-5H,2H2,1H3;/q;;;+1/p-1. The van der Waals surface area contributed by atoms with Crippen LogP contribution in [-0.2, 0) is 14.3 Å². The van der Waals surface area contributed by atoms with Gasteiger partial charge in [0, 0.05) is 13.2 Å². The van der Waals surface area contributed by atoms with Crippen LogP contribution in [0.15, 0.2) is 4.99 Å². The molecule has 3 N–H and O–H groups in total. The zero-order valence-electron chi connectivity index (χ0n) is 19.3. The molecule has 166 valence electrons. The van der Waals surface area contributed by atoms with Crippen LogP contribution < -0.4 is 40.0 Å². The number of carbonyl (C=O) groups is 2. The minimum atomic E-state index is -1.15. The molecule has 0 saturated carbocycles. The van der Waals surface area contributed by atoms with E-state index in [0.717, 1.165) is 38.9 Å². The molecule has 0 aromatic heterocycles. The van der Waals surface area contributed by atoms with E-state index in [2.05, 4.69) is 24.2 Å². The third kappa shape index (κ3) is 12.7. The number of rotatable bonds is 9. The average Bonchev–Trinajstić information content (AvgIpc) is 2.63. The topological polar surface area (TPSA) is 131 Å². The van der Waals surface area contributed by atoms with E-state index in [1.165, 1.54) is 6.92 Å². The Morgan fingerprint density at radius 3 is 1.90 bits per heavy atom. The first-order chi connectivity index (χ1) is 13.2. The van der Waals surface area contributed by atoms with Crippen LogP contribution in [-0.4, -0.2) is 54.0 Å². The van der Waals surface area contributed by atoms with Crippen molar-refractivity contribution in [2.45, 2.75) is 79.8 Å². The molecular formula is C20H39N2NaO6. The van der Waals surface area contributed by atoms with Crippen molar-refractivity contribution < 1.29 is 59.2 Å². The predicted molar refractivity (Wildman–Crippen MR) is 108 cm³/mol. The van der Waals surface area contributed by atoms with E-state index >= 15 is 0 Å². The van der Waals surface area contributed by atoms with Crippen molar-refractivity contribution in [3.63, 3.8) is 0 Å². The SMILES string of the molecule is CC(O)CO.CCCC(C)C1(CC)C(=O)N=C([O-])NC1=O.CCCOCCC.[Na+]. The molecule has 0 aromatic rings. The molecule has 29 heavy (non-hydrogen) atoms. The van der Waals surface area contributed by atoms with Gasteiger partial charge in [-0.3, -0.25) is 9.59 Å². The second-order valence-corrected chi connectivity index (χ2v) is 6.83. The van der Waals surface area contributed by atoms with E-state index in [1.807, 2.05) is 13.8 Å². The third-order valence-electron chi connectivity index (χ3n) is 4.29. The van der Waals surface area contributed by atoms with Crippen molar-refractivity contribution in [1.29, 1.82) is 0 Å². The summed E-state index contributed by atoms with van der Waals surface area (Å²) in [6.45, 7) is 13.1. The van der Waals surface area contributed by atoms with Crippen LogP contribution in [0.1, 0.15) is 73.6 Å².